The van der Waals surface area contributed by atoms with Crippen LogP contribution in [0, 0.1) is 0 Å². The quantitative estimate of drug-likeness (QED) is 0.764. The smallest absolute Gasteiger partial charge is 0.255 e. The van der Waals surface area contributed by atoms with Crippen LogP contribution in [0.15, 0.2) is 35.9 Å². The van der Waals surface area contributed by atoms with Gasteiger partial charge in [-0.1, -0.05) is 23.7 Å². The Morgan fingerprint density at radius 3 is 2.69 bits per heavy atom. The van der Waals surface area contributed by atoms with Crippen LogP contribution < -0.4 is 4.90 Å². The summed E-state index contributed by atoms with van der Waals surface area (Å²) < 4.78 is 0. The summed E-state index contributed by atoms with van der Waals surface area (Å²) >= 11 is 8.27. The van der Waals surface area contributed by atoms with E-state index in [2.05, 4.69) is 33.5 Å². The maximum atomic E-state index is 12.6. The molecule has 0 saturated carbocycles. The van der Waals surface area contributed by atoms with Crippen LogP contribution in [-0.2, 0) is 0 Å². The number of thiophene rings is 1. The van der Waals surface area contributed by atoms with Gasteiger partial charge in [0.2, 0.25) is 0 Å². The number of halogens is 1. The number of rotatable bonds is 3. The predicted octanol–water partition coefficient (Wildman–Crippen LogP) is 4.72. The highest BCUT2D eigenvalue weighted by atomic mass is 35.5. The lowest BCUT2D eigenvalue weighted by Crippen LogP contribution is -2.35. The third-order valence-electron chi connectivity index (χ3n) is 5.06. The van der Waals surface area contributed by atoms with Crippen LogP contribution >= 0.6 is 22.9 Å². The molecule has 4 heterocycles. The lowest BCUT2D eigenvalue weighted by molar-refractivity contribution is 0.0724. The van der Waals surface area contributed by atoms with Crippen LogP contribution in [0.1, 0.15) is 40.9 Å². The Bertz CT molecular complexity index is 812. The molecule has 4 rings (SSSR count). The van der Waals surface area contributed by atoms with E-state index >= 15 is 0 Å². The van der Waals surface area contributed by atoms with E-state index in [1.807, 2.05) is 4.90 Å². The van der Waals surface area contributed by atoms with Crippen LogP contribution in [0.2, 0.25) is 5.02 Å². The number of pyridine rings is 1. The first-order chi connectivity index (χ1) is 12.7. The van der Waals surface area contributed by atoms with Gasteiger partial charge in [-0.05, 0) is 48.8 Å². The maximum Gasteiger partial charge on any atom is 0.255 e. The highest BCUT2D eigenvalue weighted by Crippen LogP contribution is 2.31. The van der Waals surface area contributed by atoms with Crippen molar-refractivity contribution in [1.29, 1.82) is 0 Å². The van der Waals surface area contributed by atoms with Gasteiger partial charge in [0.05, 0.1) is 10.6 Å². The zero-order valence-electron chi connectivity index (χ0n) is 14.7. The SMILES string of the molecule is O=C(c1cnc(N2CC=C(c3cccs3)CC2)c(Cl)c1)N1CCCCC1. The number of hydrogen-bond acceptors (Lipinski definition) is 4. The van der Waals surface area contributed by atoms with Crippen LogP contribution in [0.25, 0.3) is 5.57 Å². The summed E-state index contributed by atoms with van der Waals surface area (Å²) in [6, 6.07) is 6.03. The first-order valence-electron chi connectivity index (χ1n) is 9.15. The highest BCUT2D eigenvalue weighted by molar-refractivity contribution is 7.11. The van der Waals surface area contributed by atoms with Gasteiger partial charge in [-0.25, -0.2) is 4.98 Å². The lowest BCUT2D eigenvalue weighted by Gasteiger charge is -2.29. The van der Waals surface area contributed by atoms with E-state index in [4.69, 9.17) is 11.6 Å². The van der Waals surface area contributed by atoms with Gasteiger partial charge in [-0.2, -0.15) is 0 Å². The second kappa shape index (κ2) is 7.80. The van der Waals surface area contributed by atoms with Gasteiger partial charge in [0, 0.05) is 37.3 Å². The Labute approximate surface area is 163 Å². The third kappa shape index (κ3) is 3.64. The van der Waals surface area contributed by atoms with E-state index in [-0.39, 0.29) is 5.91 Å². The number of likely N-dealkylation sites (tertiary alicyclic amines) is 1. The molecule has 0 bridgehead atoms. The molecule has 4 nitrogen and oxygen atoms in total. The van der Waals surface area contributed by atoms with Gasteiger partial charge in [-0.15, -0.1) is 11.3 Å². The number of carbonyl (C=O) groups excluding carboxylic acids is 1. The molecular weight excluding hydrogens is 366 g/mol. The molecule has 2 aliphatic heterocycles. The van der Waals surface area contributed by atoms with Crippen molar-refractivity contribution >= 4 is 40.2 Å². The Morgan fingerprint density at radius 2 is 2.04 bits per heavy atom. The second-order valence-electron chi connectivity index (χ2n) is 6.78. The highest BCUT2D eigenvalue weighted by Gasteiger charge is 2.22. The van der Waals surface area contributed by atoms with Crippen molar-refractivity contribution in [2.24, 2.45) is 0 Å². The zero-order valence-corrected chi connectivity index (χ0v) is 16.2. The summed E-state index contributed by atoms with van der Waals surface area (Å²) in [6.07, 6.45) is 8.27. The molecule has 0 atom stereocenters. The van der Waals surface area contributed by atoms with Crippen molar-refractivity contribution in [3.63, 3.8) is 0 Å². The van der Waals surface area contributed by atoms with E-state index in [9.17, 15) is 4.79 Å². The first-order valence-corrected chi connectivity index (χ1v) is 10.4. The lowest BCUT2D eigenvalue weighted by atomic mass is 10.1. The minimum Gasteiger partial charge on any atom is -0.351 e. The largest absolute Gasteiger partial charge is 0.351 e. The van der Waals surface area contributed by atoms with Crippen molar-refractivity contribution in [3.05, 3.63) is 51.3 Å². The molecule has 0 aliphatic carbocycles. The van der Waals surface area contributed by atoms with Crippen LogP contribution in [0.4, 0.5) is 5.82 Å². The standard InChI is InChI=1S/C20H22ClN3OS/c21-17-13-16(20(25)24-8-2-1-3-9-24)14-22-19(17)23-10-6-15(7-11-23)18-5-4-12-26-18/h4-6,12-14H,1-3,7-11H2. The number of anilines is 1. The Hall–Kier alpha value is -1.85. The van der Waals surface area contributed by atoms with Gasteiger partial charge in [0.15, 0.2) is 0 Å². The molecular formula is C20H22ClN3OS. The summed E-state index contributed by atoms with van der Waals surface area (Å²) in [5.74, 6) is 0.813. The molecule has 136 valence electrons. The normalized spacial score (nSPS) is 18.0. The van der Waals surface area contributed by atoms with Crippen molar-refractivity contribution in [1.82, 2.24) is 9.88 Å². The average molecular weight is 388 g/mol. The summed E-state index contributed by atoms with van der Waals surface area (Å²) in [5.41, 5.74) is 1.98. The fourth-order valence-corrected chi connectivity index (χ4v) is 4.69. The number of aromatic nitrogens is 1. The van der Waals surface area contributed by atoms with Gasteiger partial charge in [0.1, 0.15) is 5.82 Å². The minimum atomic E-state index is 0.0455. The third-order valence-corrected chi connectivity index (χ3v) is 6.28. The maximum absolute atomic E-state index is 12.6. The first kappa shape index (κ1) is 17.6. The molecule has 1 saturated heterocycles. The van der Waals surface area contributed by atoms with E-state index < -0.39 is 0 Å². The van der Waals surface area contributed by atoms with Gasteiger partial charge < -0.3 is 9.80 Å². The van der Waals surface area contributed by atoms with Crippen LogP contribution in [0.3, 0.4) is 0 Å². The fraction of sp³-hybridized carbons (Fsp3) is 0.400. The molecule has 2 aliphatic rings. The van der Waals surface area contributed by atoms with Crippen molar-refractivity contribution < 1.29 is 4.79 Å². The summed E-state index contributed by atoms with van der Waals surface area (Å²) in [5, 5.41) is 2.67. The molecule has 6 heteroatoms. The Kier molecular flexibility index (Phi) is 5.27. The van der Waals surface area contributed by atoms with Crippen molar-refractivity contribution in [2.75, 3.05) is 31.1 Å². The van der Waals surface area contributed by atoms with Gasteiger partial charge >= 0.3 is 0 Å². The van der Waals surface area contributed by atoms with E-state index in [1.54, 1.807) is 23.6 Å². The number of piperidine rings is 1. The average Bonchev–Trinajstić information content (AvgIpc) is 3.23. The van der Waals surface area contributed by atoms with Crippen LogP contribution in [0.5, 0.6) is 0 Å². The number of amides is 1. The van der Waals surface area contributed by atoms with Gasteiger partial charge in [0.25, 0.3) is 5.91 Å². The van der Waals surface area contributed by atoms with Crippen molar-refractivity contribution in [2.45, 2.75) is 25.7 Å². The number of carbonyl (C=O) groups is 1. The fourth-order valence-electron chi connectivity index (χ4n) is 3.61. The molecule has 0 unspecified atom stereocenters. The van der Waals surface area contributed by atoms with E-state index in [1.165, 1.54) is 16.9 Å². The molecule has 0 N–H and O–H groups in total. The second-order valence-corrected chi connectivity index (χ2v) is 8.14. The molecule has 2 aromatic heterocycles. The molecule has 2 aromatic rings. The van der Waals surface area contributed by atoms with E-state index in [0.29, 0.717) is 10.6 Å². The van der Waals surface area contributed by atoms with Crippen LogP contribution in [-0.4, -0.2) is 42.0 Å². The van der Waals surface area contributed by atoms with Gasteiger partial charge in [-0.3, -0.25) is 4.79 Å². The Balaban J connectivity index is 1.47. The molecule has 1 fully saturated rings. The minimum absolute atomic E-state index is 0.0455. The molecule has 0 aromatic carbocycles. The molecule has 0 radical (unpaired) electrons. The number of hydrogen-bond donors (Lipinski definition) is 0. The molecule has 26 heavy (non-hydrogen) atoms. The number of nitrogens with zero attached hydrogens (tertiary/aromatic N) is 3. The topological polar surface area (TPSA) is 36.4 Å². The monoisotopic (exact) mass is 387 g/mol. The molecule has 1 amide bonds. The summed E-state index contributed by atoms with van der Waals surface area (Å²) in [4.78, 5) is 22.6. The zero-order chi connectivity index (χ0) is 17.9. The predicted molar refractivity (Wildman–Crippen MR) is 108 cm³/mol. The Morgan fingerprint density at radius 1 is 1.19 bits per heavy atom. The molecule has 0 spiro atoms. The van der Waals surface area contributed by atoms with Crippen molar-refractivity contribution in [3.8, 4) is 0 Å². The summed E-state index contributed by atoms with van der Waals surface area (Å²) in [6.45, 7) is 3.34. The van der Waals surface area contributed by atoms with E-state index in [0.717, 1.165) is 51.3 Å². The summed E-state index contributed by atoms with van der Waals surface area (Å²) in [7, 11) is 0.